The lowest BCUT2D eigenvalue weighted by Crippen LogP contribution is -2.57. The molecule has 3 aliphatic rings. The predicted octanol–water partition coefficient (Wildman–Crippen LogP) is 4.55. The highest BCUT2D eigenvalue weighted by Crippen LogP contribution is 2.69. The smallest absolute Gasteiger partial charge is 0.251 e. The Morgan fingerprint density at radius 3 is 2.13 bits per heavy atom. The van der Waals surface area contributed by atoms with E-state index in [-0.39, 0.29) is 55.1 Å². The molecule has 3 heterocycles. The van der Waals surface area contributed by atoms with Gasteiger partial charge in [0.1, 0.15) is 17.5 Å². The Labute approximate surface area is 269 Å². The minimum Gasteiger partial charge on any atom is -0.497 e. The number of thioether (sulfide) groups is 1. The van der Waals surface area contributed by atoms with E-state index in [0.717, 1.165) is 6.42 Å². The standard InChI is InChI=1S/C35H43N3O6S/c1-6-18-36(24-12-16-27(17-13-24)44-8-3)32(40)29-28-22-23(4)35(45-28)30(29)33(41)38(20-9-21-39)31(35)34(42)37(19-7-2)25-10-14-26(43-5)15-11-25/h6-7,10-17,23,28-31,39H,1-2,8-9,18-22H2,3-5H3/t23?,28-,29+,30-,31?,35?/m0/s1. The number of rotatable bonds is 14. The summed E-state index contributed by atoms with van der Waals surface area (Å²) in [5, 5.41) is 9.64. The second-order valence-electron chi connectivity index (χ2n) is 11.8. The van der Waals surface area contributed by atoms with Crippen molar-refractivity contribution in [2.45, 2.75) is 42.7 Å². The second-order valence-corrected chi connectivity index (χ2v) is 13.3. The minimum absolute atomic E-state index is 0.0124. The summed E-state index contributed by atoms with van der Waals surface area (Å²) in [5.74, 6) is -0.433. The van der Waals surface area contributed by atoms with Crippen LogP contribution in [0, 0.1) is 17.8 Å². The van der Waals surface area contributed by atoms with Crippen molar-refractivity contribution in [2.75, 3.05) is 49.8 Å². The van der Waals surface area contributed by atoms with Gasteiger partial charge in [-0.2, -0.15) is 0 Å². The van der Waals surface area contributed by atoms with Gasteiger partial charge in [-0.1, -0.05) is 19.1 Å². The summed E-state index contributed by atoms with van der Waals surface area (Å²) < 4.78 is 10.1. The highest BCUT2D eigenvalue weighted by Gasteiger charge is 2.76. The summed E-state index contributed by atoms with van der Waals surface area (Å²) in [6.07, 6.45) is 4.41. The average molecular weight is 634 g/mol. The fourth-order valence-corrected chi connectivity index (χ4v) is 9.85. The third-order valence-corrected chi connectivity index (χ3v) is 11.4. The summed E-state index contributed by atoms with van der Waals surface area (Å²) in [7, 11) is 1.59. The fraction of sp³-hybridized carbons (Fsp3) is 0.457. The van der Waals surface area contributed by atoms with E-state index in [0.29, 0.717) is 35.9 Å². The molecule has 3 unspecified atom stereocenters. The van der Waals surface area contributed by atoms with Gasteiger partial charge < -0.3 is 29.3 Å². The molecular formula is C35H43N3O6S. The quantitative estimate of drug-likeness (QED) is 0.305. The van der Waals surface area contributed by atoms with Crippen LogP contribution in [0.2, 0.25) is 0 Å². The molecule has 2 aromatic rings. The summed E-state index contributed by atoms with van der Waals surface area (Å²) >= 11 is 1.64. The van der Waals surface area contributed by atoms with Crippen molar-refractivity contribution in [1.29, 1.82) is 0 Å². The Balaban J connectivity index is 1.55. The lowest BCUT2D eigenvalue weighted by Gasteiger charge is -2.41. The molecule has 6 atom stereocenters. The third kappa shape index (κ3) is 5.63. The SMILES string of the molecule is C=CCN(C(=O)C1N(CCCO)C(=O)[C@@H]2[C@H](C(=O)N(CC=C)c3ccc(OCC)cc3)[C@@H]3CC(C)C12S3)c1ccc(OC)cc1. The monoisotopic (exact) mass is 633 g/mol. The molecule has 45 heavy (non-hydrogen) atoms. The van der Waals surface area contributed by atoms with Crippen LogP contribution in [-0.4, -0.2) is 83.7 Å². The number of hydrogen-bond acceptors (Lipinski definition) is 7. The van der Waals surface area contributed by atoms with Gasteiger partial charge in [-0.25, -0.2) is 0 Å². The number of ether oxygens (including phenoxy) is 2. The first-order chi connectivity index (χ1) is 21.8. The second kappa shape index (κ2) is 13.7. The Bertz CT molecular complexity index is 1420. The molecule has 0 saturated carbocycles. The molecule has 3 amide bonds. The van der Waals surface area contributed by atoms with Crippen LogP contribution in [-0.2, 0) is 14.4 Å². The van der Waals surface area contributed by atoms with Crippen LogP contribution in [0.25, 0.3) is 0 Å². The van der Waals surface area contributed by atoms with E-state index in [1.807, 2.05) is 43.3 Å². The van der Waals surface area contributed by atoms with Crippen molar-refractivity contribution in [3.8, 4) is 11.5 Å². The van der Waals surface area contributed by atoms with Gasteiger partial charge in [-0.15, -0.1) is 24.9 Å². The van der Waals surface area contributed by atoms with Crippen LogP contribution < -0.4 is 19.3 Å². The zero-order chi connectivity index (χ0) is 32.3. The number of aliphatic hydroxyl groups excluding tert-OH is 1. The van der Waals surface area contributed by atoms with Crippen molar-refractivity contribution in [3.63, 3.8) is 0 Å². The first kappa shape index (κ1) is 32.6. The number of carbonyl (C=O) groups excluding carboxylic acids is 3. The highest BCUT2D eigenvalue weighted by molar-refractivity contribution is 8.02. The van der Waals surface area contributed by atoms with E-state index < -0.39 is 22.6 Å². The highest BCUT2D eigenvalue weighted by atomic mass is 32.2. The molecular weight excluding hydrogens is 590 g/mol. The maximum Gasteiger partial charge on any atom is 0.251 e. The van der Waals surface area contributed by atoms with Crippen LogP contribution in [0.4, 0.5) is 11.4 Å². The first-order valence-electron chi connectivity index (χ1n) is 15.6. The predicted molar refractivity (Wildman–Crippen MR) is 178 cm³/mol. The molecule has 0 radical (unpaired) electrons. The molecule has 1 N–H and O–H groups in total. The van der Waals surface area contributed by atoms with Gasteiger partial charge in [0.2, 0.25) is 11.8 Å². The number of benzene rings is 2. The molecule has 3 saturated heterocycles. The topological polar surface area (TPSA) is 99.6 Å². The van der Waals surface area contributed by atoms with E-state index in [4.69, 9.17) is 9.47 Å². The fourth-order valence-electron chi connectivity index (χ4n) is 7.44. The molecule has 0 aliphatic carbocycles. The summed E-state index contributed by atoms with van der Waals surface area (Å²) in [6, 6.07) is 13.8. The number of hydrogen-bond donors (Lipinski definition) is 1. The van der Waals surface area contributed by atoms with E-state index in [1.165, 1.54) is 0 Å². The van der Waals surface area contributed by atoms with Gasteiger partial charge in [0, 0.05) is 42.9 Å². The van der Waals surface area contributed by atoms with Crippen molar-refractivity contribution >= 4 is 40.9 Å². The van der Waals surface area contributed by atoms with E-state index >= 15 is 0 Å². The number of carbonyl (C=O) groups is 3. The minimum atomic E-state index is -0.801. The number of methoxy groups -OCH3 is 1. The van der Waals surface area contributed by atoms with Crippen molar-refractivity contribution < 1.29 is 29.0 Å². The molecule has 240 valence electrons. The zero-order valence-electron chi connectivity index (χ0n) is 26.3. The van der Waals surface area contributed by atoms with Crippen LogP contribution in [0.5, 0.6) is 11.5 Å². The summed E-state index contributed by atoms with van der Waals surface area (Å²) in [6.45, 7) is 13.0. The van der Waals surface area contributed by atoms with Gasteiger partial charge in [0.25, 0.3) is 5.91 Å². The van der Waals surface area contributed by atoms with Gasteiger partial charge in [-0.3, -0.25) is 14.4 Å². The maximum atomic E-state index is 14.8. The maximum absolute atomic E-state index is 14.8. The number of fused-ring (bicyclic) bond motifs is 1. The summed E-state index contributed by atoms with van der Waals surface area (Å²) in [5.41, 5.74) is 1.37. The van der Waals surface area contributed by atoms with E-state index in [9.17, 15) is 19.5 Å². The third-order valence-electron chi connectivity index (χ3n) is 9.32. The van der Waals surface area contributed by atoms with E-state index in [2.05, 4.69) is 20.1 Å². The average Bonchev–Trinajstić information content (AvgIpc) is 3.64. The number of amides is 3. The van der Waals surface area contributed by atoms with Crippen molar-refractivity contribution in [3.05, 3.63) is 73.8 Å². The molecule has 9 nitrogen and oxygen atoms in total. The van der Waals surface area contributed by atoms with Crippen LogP contribution in [0.3, 0.4) is 0 Å². The molecule has 0 aromatic heterocycles. The lowest BCUT2D eigenvalue weighted by molar-refractivity contribution is -0.139. The number of anilines is 2. The number of likely N-dealkylation sites (tertiary alicyclic amines) is 1. The van der Waals surface area contributed by atoms with Crippen LogP contribution >= 0.6 is 11.8 Å². The molecule has 2 aromatic carbocycles. The van der Waals surface area contributed by atoms with Gasteiger partial charge >= 0.3 is 0 Å². The molecule has 2 bridgehead atoms. The van der Waals surface area contributed by atoms with Crippen LogP contribution in [0.1, 0.15) is 26.7 Å². The Morgan fingerprint density at radius 1 is 1.02 bits per heavy atom. The Kier molecular flexibility index (Phi) is 9.94. The molecule has 10 heteroatoms. The number of aliphatic hydroxyl groups is 1. The van der Waals surface area contributed by atoms with Gasteiger partial charge in [0.05, 0.1) is 30.3 Å². The van der Waals surface area contributed by atoms with Crippen LogP contribution in [0.15, 0.2) is 73.8 Å². The molecule has 3 fully saturated rings. The number of nitrogens with zero attached hydrogens (tertiary/aromatic N) is 3. The van der Waals surface area contributed by atoms with Gasteiger partial charge in [0.15, 0.2) is 0 Å². The van der Waals surface area contributed by atoms with Gasteiger partial charge in [-0.05, 0) is 74.2 Å². The normalized spacial score (nSPS) is 26.4. The largest absolute Gasteiger partial charge is 0.497 e. The molecule has 1 spiro atoms. The lowest BCUT2D eigenvalue weighted by atomic mass is 9.65. The summed E-state index contributed by atoms with van der Waals surface area (Å²) in [4.78, 5) is 48.8. The molecule has 5 rings (SSSR count). The Morgan fingerprint density at radius 2 is 1.60 bits per heavy atom. The van der Waals surface area contributed by atoms with Crippen molar-refractivity contribution in [1.82, 2.24) is 4.90 Å². The first-order valence-corrected chi connectivity index (χ1v) is 16.5. The Hall–Kier alpha value is -3.76. The van der Waals surface area contributed by atoms with E-state index in [1.54, 1.807) is 57.9 Å². The zero-order valence-corrected chi connectivity index (χ0v) is 27.1. The molecule has 3 aliphatic heterocycles. The van der Waals surface area contributed by atoms with Crippen molar-refractivity contribution in [2.24, 2.45) is 17.8 Å².